The maximum Gasteiger partial charge on any atom is 0.267 e. The SMILES string of the molecule is COCn1sc(C(C)(C)C)c(CBr)c1=O. The van der Waals surface area contributed by atoms with Gasteiger partial charge in [-0.3, -0.25) is 4.79 Å². The molecule has 0 spiro atoms. The molecule has 1 aromatic rings. The van der Waals surface area contributed by atoms with Gasteiger partial charge in [-0.2, -0.15) is 0 Å². The van der Waals surface area contributed by atoms with Crippen molar-refractivity contribution in [1.29, 1.82) is 0 Å². The molecule has 0 bridgehead atoms. The van der Waals surface area contributed by atoms with Crippen LogP contribution in [0.15, 0.2) is 4.79 Å². The third kappa shape index (κ3) is 2.71. The molecule has 0 radical (unpaired) electrons. The summed E-state index contributed by atoms with van der Waals surface area (Å²) in [6.45, 7) is 6.67. The first-order valence-corrected chi connectivity index (χ1v) is 6.59. The lowest BCUT2D eigenvalue weighted by molar-refractivity contribution is 0.137. The van der Waals surface area contributed by atoms with Crippen LogP contribution in [-0.2, 0) is 22.2 Å². The molecular weight excluding hydrogens is 278 g/mol. The molecule has 5 heteroatoms. The summed E-state index contributed by atoms with van der Waals surface area (Å²) in [6.07, 6.45) is 0. The van der Waals surface area contributed by atoms with Crippen molar-refractivity contribution < 1.29 is 4.74 Å². The molecule has 0 N–H and O–H groups in total. The fraction of sp³-hybridized carbons (Fsp3) is 0.700. The van der Waals surface area contributed by atoms with Gasteiger partial charge < -0.3 is 4.74 Å². The first kappa shape index (κ1) is 12.9. The fourth-order valence-corrected chi connectivity index (χ4v) is 3.18. The smallest absolute Gasteiger partial charge is 0.267 e. The first-order valence-electron chi connectivity index (χ1n) is 4.70. The van der Waals surface area contributed by atoms with Crippen molar-refractivity contribution in [3.63, 3.8) is 0 Å². The highest BCUT2D eigenvalue weighted by molar-refractivity contribution is 9.08. The summed E-state index contributed by atoms with van der Waals surface area (Å²) < 4.78 is 6.64. The van der Waals surface area contributed by atoms with E-state index >= 15 is 0 Å². The zero-order chi connectivity index (χ0) is 11.6. The quantitative estimate of drug-likeness (QED) is 0.803. The Morgan fingerprint density at radius 1 is 1.47 bits per heavy atom. The van der Waals surface area contributed by atoms with Gasteiger partial charge in [0.1, 0.15) is 6.73 Å². The van der Waals surface area contributed by atoms with Crippen LogP contribution in [-0.4, -0.2) is 11.1 Å². The minimum atomic E-state index is 0.00587. The van der Waals surface area contributed by atoms with E-state index in [-0.39, 0.29) is 11.0 Å². The highest BCUT2D eigenvalue weighted by Crippen LogP contribution is 2.29. The van der Waals surface area contributed by atoms with Crippen LogP contribution in [0, 0.1) is 0 Å². The summed E-state index contributed by atoms with van der Waals surface area (Å²) in [5, 5.41) is 0.603. The van der Waals surface area contributed by atoms with Crippen molar-refractivity contribution in [2.75, 3.05) is 7.11 Å². The van der Waals surface area contributed by atoms with Crippen molar-refractivity contribution >= 4 is 27.5 Å². The van der Waals surface area contributed by atoms with Crippen LogP contribution in [0.5, 0.6) is 0 Å². The topological polar surface area (TPSA) is 31.2 Å². The molecule has 0 amide bonds. The molecule has 1 heterocycles. The molecule has 1 aromatic heterocycles. The molecule has 1 rings (SSSR count). The van der Waals surface area contributed by atoms with Crippen LogP contribution >= 0.6 is 27.5 Å². The van der Waals surface area contributed by atoms with Gasteiger partial charge in [0.25, 0.3) is 5.56 Å². The molecular formula is C10H16BrNO2S. The number of rotatable bonds is 3. The lowest BCUT2D eigenvalue weighted by atomic mass is 9.92. The van der Waals surface area contributed by atoms with Crippen molar-refractivity contribution in [1.82, 2.24) is 3.96 Å². The molecule has 0 saturated heterocycles. The zero-order valence-corrected chi connectivity index (χ0v) is 11.9. The Labute approximate surface area is 102 Å². The van der Waals surface area contributed by atoms with E-state index in [0.29, 0.717) is 12.1 Å². The van der Waals surface area contributed by atoms with Crippen LogP contribution in [0.1, 0.15) is 31.2 Å². The number of hydrogen-bond donors (Lipinski definition) is 0. The van der Waals surface area contributed by atoms with E-state index in [9.17, 15) is 4.79 Å². The predicted octanol–water partition coefficient (Wildman–Crippen LogP) is 2.71. The fourth-order valence-electron chi connectivity index (χ4n) is 1.36. The Kier molecular flexibility index (Phi) is 4.14. The van der Waals surface area contributed by atoms with Crippen molar-refractivity contribution in [2.24, 2.45) is 0 Å². The van der Waals surface area contributed by atoms with Crippen LogP contribution in [0.25, 0.3) is 0 Å². The van der Waals surface area contributed by atoms with E-state index in [1.54, 1.807) is 11.1 Å². The number of aromatic nitrogens is 1. The summed E-state index contributed by atoms with van der Waals surface area (Å²) in [7, 11) is 1.59. The average molecular weight is 294 g/mol. The van der Waals surface area contributed by atoms with E-state index in [4.69, 9.17) is 4.74 Å². The van der Waals surface area contributed by atoms with E-state index in [1.807, 2.05) is 0 Å². The summed E-state index contributed by atoms with van der Waals surface area (Å²) in [5.74, 6) is 0. The average Bonchev–Trinajstić information content (AvgIpc) is 2.44. The monoisotopic (exact) mass is 293 g/mol. The normalized spacial score (nSPS) is 12.1. The molecule has 0 unspecified atom stereocenters. The number of hydrogen-bond acceptors (Lipinski definition) is 3. The second-order valence-corrected chi connectivity index (χ2v) is 5.98. The van der Waals surface area contributed by atoms with Crippen LogP contribution in [0.3, 0.4) is 0 Å². The highest BCUT2D eigenvalue weighted by atomic mass is 79.9. The molecule has 0 saturated carbocycles. The van der Waals surface area contributed by atoms with Crippen LogP contribution in [0.4, 0.5) is 0 Å². The number of ether oxygens (including phenoxy) is 1. The number of methoxy groups -OCH3 is 1. The van der Waals surface area contributed by atoms with Crippen molar-refractivity contribution in [3.05, 3.63) is 20.8 Å². The summed E-state index contributed by atoms with van der Waals surface area (Å²) in [6, 6.07) is 0. The third-order valence-electron chi connectivity index (χ3n) is 2.02. The Bertz CT molecular complexity index is 389. The molecule has 0 aromatic carbocycles. The standard InChI is InChI=1S/C10H16BrNO2S/c1-10(2,3)8-7(5-11)9(13)12(15-8)6-14-4/h5-6H2,1-4H3. The van der Waals surface area contributed by atoms with E-state index in [0.717, 1.165) is 10.4 Å². The maximum atomic E-state index is 11.9. The van der Waals surface area contributed by atoms with Gasteiger partial charge in [0.2, 0.25) is 0 Å². The minimum Gasteiger partial charge on any atom is -0.363 e. The Balaban J connectivity index is 3.28. The van der Waals surface area contributed by atoms with Crippen molar-refractivity contribution in [3.8, 4) is 0 Å². The van der Waals surface area contributed by atoms with E-state index in [2.05, 4.69) is 36.7 Å². The molecule has 15 heavy (non-hydrogen) atoms. The molecule has 0 atom stereocenters. The lowest BCUT2D eigenvalue weighted by Crippen LogP contribution is -2.18. The summed E-state index contributed by atoms with van der Waals surface area (Å²) in [5.41, 5.74) is 0.916. The van der Waals surface area contributed by atoms with Crippen LogP contribution in [0.2, 0.25) is 0 Å². The number of alkyl halides is 1. The van der Waals surface area contributed by atoms with Crippen molar-refractivity contribution in [2.45, 2.75) is 38.2 Å². The second-order valence-electron chi connectivity index (χ2n) is 4.38. The molecule has 0 aliphatic heterocycles. The van der Waals surface area contributed by atoms with Gasteiger partial charge in [-0.05, 0) is 5.41 Å². The predicted molar refractivity (Wildman–Crippen MR) is 66.9 cm³/mol. The molecule has 0 aliphatic carbocycles. The Hall–Kier alpha value is -0.130. The van der Waals surface area contributed by atoms with Gasteiger partial charge >= 0.3 is 0 Å². The zero-order valence-electron chi connectivity index (χ0n) is 9.46. The number of nitrogens with zero attached hydrogens (tertiary/aromatic N) is 1. The third-order valence-corrected chi connectivity index (χ3v) is 4.12. The maximum absolute atomic E-state index is 11.9. The lowest BCUT2D eigenvalue weighted by Gasteiger charge is -2.16. The molecule has 0 fully saturated rings. The summed E-state index contributed by atoms with van der Waals surface area (Å²) in [4.78, 5) is 13.0. The molecule has 0 aliphatic rings. The van der Waals surface area contributed by atoms with Gasteiger partial charge in [-0.1, -0.05) is 48.2 Å². The first-order chi connectivity index (χ1) is 6.91. The van der Waals surface area contributed by atoms with Gasteiger partial charge in [0, 0.05) is 22.9 Å². The van der Waals surface area contributed by atoms with Gasteiger partial charge in [0.15, 0.2) is 0 Å². The summed E-state index contributed by atoms with van der Waals surface area (Å²) >= 11 is 4.86. The van der Waals surface area contributed by atoms with E-state index < -0.39 is 0 Å². The number of halogens is 1. The van der Waals surface area contributed by atoms with Gasteiger partial charge in [-0.15, -0.1) is 0 Å². The molecule has 3 nitrogen and oxygen atoms in total. The minimum absolute atomic E-state index is 0.00587. The largest absolute Gasteiger partial charge is 0.363 e. The van der Waals surface area contributed by atoms with Crippen LogP contribution < -0.4 is 5.56 Å². The molecule has 86 valence electrons. The second kappa shape index (κ2) is 4.80. The Morgan fingerprint density at radius 3 is 2.40 bits per heavy atom. The Morgan fingerprint density at radius 2 is 2.07 bits per heavy atom. The highest BCUT2D eigenvalue weighted by Gasteiger charge is 2.24. The van der Waals surface area contributed by atoms with Gasteiger partial charge in [-0.25, -0.2) is 3.96 Å². The van der Waals surface area contributed by atoms with E-state index in [1.165, 1.54) is 11.5 Å². The van der Waals surface area contributed by atoms with Gasteiger partial charge in [0.05, 0.1) is 0 Å².